The monoisotopic (exact) mass is 245 g/mol. The second-order valence-corrected chi connectivity index (χ2v) is 5.36. The summed E-state index contributed by atoms with van der Waals surface area (Å²) in [5.41, 5.74) is 0. The fourth-order valence-electron chi connectivity index (χ4n) is 1.73. The third kappa shape index (κ3) is 6.38. The van der Waals surface area contributed by atoms with Gasteiger partial charge >= 0.3 is 5.97 Å². The van der Waals surface area contributed by atoms with Gasteiger partial charge < -0.3 is 10.1 Å². The minimum absolute atomic E-state index is 0.0449. The third-order valence-corrected chi connectivity index (χ3v) is 3.80. The summed E-state index contributed by atoms with van der Waals surface area (Å²) >= 11 is 1.91. The molecule has 0 aromatic carbocycles. The van der Waals surface area contributed by atoms with Crippen molar-refractivity contribution in [2.24, 2.45) is 0 Å². The third-order valence-electron chi connectivity index (χ3n) is 2.67. The lowest BCUT2D eigenvalue weighted by Crippen LogP contribution is -2.39. The zero-order valence-corrected chi connectivity index (χ0v) is 11.0. The number of carbonyl (C=O) groups excluding carboxylic acids is 1. The summed E-state index contributed by atoms with van der Waals surface area (Å²) in [7, 11) is 0. The summed E-state index contributed by atoms with van der Waals surface area (Å²) in [6.45, 7) is 3.79. The molecule has 1 saturated heterocycles. The van der Waals surface area contributed by atoms with E-state index < -0.39 is 0 Å². The molecule has 0 spiro atoms. The number of carbonyl (C=O) groups is 1. The molecule has 1 aliphatic rings. The van der Waals surface area contributed by atoms with E-state index in [1.807, 2.05) is 11.8 Å². The van der Waals surface area contributed by atoms with Crippen LogP contribution in [0.3, 0.4) is 0 Å². The highest BCUT2D eigenvalue weighted by atomic mass is 32.2. The molecule has 4 heteroatoms. The van der Waals surface area contributed by atoms with Crippen molar-refractivity contribution in [3.8, 4) is 0 Å². The van der Waals surface area contributed by atoms with Gasteiger partial charge in [-0.05, 0) is 6.42 Å². The zero-order valence-electron chi connectivity index (χ0n) is 10.2. The summed E-state index contributed by atoms with van der Waals surface area (Å²) in [5, 5.41) is 3.34. The van der Waals surface area contributed by atoms with E-state index in [1.54, 1.807) is 0 Å². The molecule has 1 unspecified atom stereocenters. The van der Waals surface area contributed by atoms with Gasteiger partial charge in [0.2, 0.25) is 0 Å². The van der Waals surface area contributed by atoms with Crippen molar-refractivity contribution >= 4 is 17.7 Å². The number of ether oxygens (including phenoxy) is 1. The molecule has 0 saturated carbocycles. The predicted octanol–water partition coefficient (Wildman–Crippen LogP) is 2.21. The van der Waals surface area contributed by atoms with Gasteiger partial charge in [-0.1, -0.05) is 26.2 Å². The molecular formula is C12H23NO2S. The highest BCUT2D eigenvalue weighted by Crippen LogP contribution is 2.10. The van der Waals surface area contributed by atoms with Gasteiger partial charge in [0.1, 0.15) is 0 Å². The molecule has 1 heterocycles. The van der Waals surface area contributed by atoms with E-state index in [0.29, 0.717) is 19.1 Å². The van der Waals surface area contributed by atoms with E-state index >= 15 is 0 Å². The van der Waals surface area contributed by atoms with E-state index in [4.69, 9.17) is 4.74 Å². The Morgan fingerprint density at radius 1 is 1.44 bits per heavy atom. The molecule has 0 aromatic rings. The molecule has 0 aromatic heterocycles. The smallest absolute Gasteiger partial charge is 0.307 e. The van der Waals surface area contributed by atoms with Crippen LogP contribution in [0, 0.1) is 0 Å². The highest BCUT2D eigenvalue weighted by molar-refractivity contribution is 7.99. The molecule has 16 heavy (non-hydrogen) atoms. The van der Waals surface area contributed by atoms with Gasteiger partial charge in [0.15, 0.2) is 0 Å². The molecule has 1 atom stereocenters. The Kier molecular flexibility index (Phi) is 7.68. The molecule has 1 N–H and O–H groups in total. The molecule has 0 bridgehead atoms. The first-order chi connectivity index (χ1) is 7.83. The van der Waals surface area contributed by atoms with Gasteiger partial charge in [0.05, 0.1) is 13.0 Å². The van der Waals surface area contributed by atoms with E-state index in [2.05, 4.69) is 12.2 Å². The fraction of sp³-hybridized carbons (Fsp3) is 0.917. The SMILES string of the molecule is CCCCCCOC(=O)CC1CSCCN1. The maximum Gasteiger partial charge on any atom is 0.307 e. The van der Waals surface area contributed by atoms with Gasteiger partial charge in [-0.3, -0.25) is 4.79 Å². The van der Waals surface area contributed by atoms with Crippen LogP contribution in [0.15, 0.2) is 0 Å². The van der Waals surface area contributed by atoms with Crippen molar-refractivity contribution in [2.45, 2.75) is 45.1 Å². The first kappa shape index (κ1) is 13.8. The van der Waals surface area contributed by atoms with Crippen LogP contribution in [0.2, 0.25) is 0 Å². The maximum atomic E-state index is 11.5. The molecule has 1 aliphatic heterocycles. The number of unbranched alkanes of at least 4 members (excludes halogenated alkanes) is 3. The summed E-state index contributed by atoms with van der Waals surface area (Å²) in [4.78, 5) is 11.5. The predicted molar refractivity (Wildman–Crippen MR) is 68.8 cm³/mol. The largest absolute Gasteiger partial charge is 0.466 e. The van der Waals surface area contributed by atoms with Crippen molar-refractivity contribution in [3.63, 3.8) is 0 Å². The standard InChI is InChI=1S/C12H23NO2S/c1-2-3-4-5-7-15-12(14)9-11-10-16-8-6-13-11/h11,13H,2-10H2,1H3. The maximum absolute atomic E-state index is 11.5. The Hall–Kier alpha value is -0.220. The van der Waals surface area contributed by atoms with Crippen LogP contribution in [0.5, 0.6) is 0 Å². The molecule has 0 radical (unpaired) electrons. The molecule has 1 fully saturated rings. The van der Waals surface area contributed by atoms with Crippen molar-refractivity contribution in [1.82, 2.24) is 5.32 Å². The van der Waals surface area contributed by atoms with Crippen LogP contribution in [0.1, 0.15) is 39.0 Å². The minimum atomic E-state index is -0.0449. The summed E-state index contributed by atoms with van der Waals surface area (Å²) < 4.78 is 5.20. The molecule has 0 aliphatic carbocycles. The highest BCUT2D eigenvalue weighted by Gasteiger charge is 2.17. The van der Waals surface area contributed by atoms with E-state index in [0.717, 1.165) is 24.5 Å². The Morgan fingerprint density at radius 3 is 3.00 bits per heavy atom. The lowest BCUT2D eigenvalue weighted by molar-refractivity contribution is -0.144. The number of esters is 1. The number of rotatable bonds is 7. The van der Waals surface area contributed by atoms with Gasteiger partial charge in [-0.2, -0.15) is 11.8 Å². The van der Waals surface area contributed by atoms with Crippen LogP contribution in [-0.4, -0.2) is 36.7 Å². The first-order valence-electron chi connectivity index (χ1n) is 6.29. The lowest BCUT2D eigenvalue weighted by Gasteiger charge is -2.22. The molecular weight excluding hydrogens is 222 g/mol. The fourth-order valence-corrected chi connectivity index (χ4v) is 2.67. The zero-order chi connectivity index (χ0) is 11.6. The van der Waals surface area contributed by atoms with E-state index in [1.165, 1.54) is 19.3 Å². The van der Waals surface area contributed by atoms with Gasteiger partial charge in [0, 0.05) is 24.1 Å². The molecule has 94 valence electrons. The Bertz CT molecular complexity index is 193. The van der Waals surface area contributed by atoms with Crippen LogP contribution in [-0.2, 0) is 9.53 Å². The molecule has 0 amide bonds. The first-order valence-corrected chi connectivity index (χ1v) is 7.45. The molecule has 3 nitrogen and oxygen atoms in total. The Labute approximate surface area is 103 Å². The minimum Gasteiger partial charge on any atom is -0.466 e. The Balaban J connectivity index is 1.97. The number of nitrogens with one attached hydrogen (secondary N) is 1. The van der Waals surface area contributed by atoms with Gasteiger partial charge in [0.25, 0.3) is 0 Å². The topological polar surface area (TPSA) is 38.3 Å². The van der Waals surface area contributed by atoms with Gasteiger partial charge in [-0.15, -0.1) is 0 Å². The Morgan fingerprint density at radius 2 is 2.31 bits per heavy atom. The average molecular weight is 245 g/mol. The van der Waals surface area contributed by atoms with Crippen molar-refractivity contribution in [2.75, 3.05) is 24.7 Å². The molecule has 1 rings (SSSR count). The van der Waals surface area contributed by atoms with Crippen molar-refractivity contribution in [3.05, 3.63) is 0 Å². The quantitative estimate of drug-likeness (QED) is 0.551. The van der Waals surface area contributed by atoms with Gasteiger partial charge in [-0.25, -0.2) is 0 Å². The second-order valence-electron chi connectivity index (χ2n) is 4.21. The summed E-state index contributed by atoms with van der Waals surface area (Å²) in [5.74, 6) is 2.14. The van der Waals surface area contributed by atoms with Crippen molar-refractivity contribution in [1.29, 1.82) is 0 Å². The van der Waals surface area contributed by atoms with E-state index in [9.17, 15) is 4.79 Å². The summed E-state index contributed by atoms with van der Waals surface area (Å²) in [6, 6.07) is 0.321. The number of thioether (sulfide) groups is 1. The average Bonchev–Trinajstić information content (AvgIpc) is 2.30. The van der Waals surface area contributed by atoms with Crippen molar-refractivity contribution < 1.29 is 9.53 Å². The lowest BCUT2D eigenvalue weighted by atomic mass is 10.2. The van der Waals surface area contributed by atoms with Crippen LogP contribution in [0.4, 0.5) is 0 Å². The van der Waals surface area contributed by atoms with Crippen LogP contribution >= 0.6 is 11.8 Å². The van der Waals surface area contributed by atoms with Crippen LogP contribution < -0.4 is 5.32 Å². The normalized spacial score (nSPS) is 20.7. The number of hydrogen-bond acceptors (Lipinski definition) is 4. The second kappa shape index (κ2) is 8.88. The van der Waals surface area contributed by atoms with Crippen LogP contribution in [0.25, 0.3) is 0 Å². The summed E-state index contributed by atoms with van der Waals surface area (Å²) in [6.07, 6.45) is 5.16. The number of hydrogen-bond donors (Lipinski definition) is 1. The van der Waals surface area contributed by atoms with E-state index in [-0.39, 0.29) is 5.97 Å².